The van der Waals surface area contributed by atoms with Crippen LogP contribution in [0.5, 0.6) is 0 Å². The Hall–Kier alpha value is -4.13. The summed E-state index contributed by atoms with van der Waals surface area (Å²) < 4.78 is 7.42. The van der Waals surface area contributed by atoms with Crippen LogP contribution in [0.15, 0.2) is 71.3 Å². The van der Waals surface area contributed by atoms with Gasteiger partial charge in [-0.1, -0.05) is 36.4 Å². The van der Waals surface area contributed by atoms with Gasteiger partial charge in [-0.2, -0.15) is 0 Å². The molecule has 0 saturated carbocycles. The van der Waals surface area contributed by atoms with Gasteiger partial charge in [-0.15, -0.1) is 0 Å². The average molecular weight is 415 g/mol. The van der Waals surface area contributed by atoms with Crippen LogP contribution in [0, 0.1) is 13.8 Å². The molecule has 0 spiro atoms. The Morgan fingerprint density at radius 3 is 2.29 bits per heavy atom. The molecule has 0 saturated heterocycles. The van der Waals surface area contributed by atoms with Gasteiger partial charge in [0.25, 0.3) is 5.91 Å². The van der Waals surface area contributed by atoms with Gasteiger partial charge in [-0.25, -0.2) is 9.78 Å². The molecule has 31 heavy (non-hydrogen) atoms. The van der Waals surface area contributed by atoms with E-state index in [1.165, 1.54) is 0 Å². The summed E-state index contributed by atoms with van der Waals surface area (Å²) in [5.74, 6) is -0.974. The van der Waals surface area contributed by atoms with Crippen LogP contribution in [0.1, 0.15) is 37.8 Å². The number of aromatic nitrogens is 2. The minimum atomic E-state index is -1.10. The summed E-state index contributed by atoms with van der Waals surface area (Å²) in [5.41, 5.74) is 3.46. The molecule has 4 aromatic rings. The van der Waals surface area contributed by atoms with Gasteiger partial charge in [0.2, 0.25) is 5.89 Å². The van der Waals surface area contributed by atoms with E-state index in [0.717, 1.165) is 5.56 Å². The van der Waals surface area contributed by atoms with Gasteiger partial charge in [0.05, 0.1) is 17.9 Å². The number of amides is 1. The van der Waals surface area contributed by atoms with Crippen molar-refractivity contribution in [3.63, 3.8) is 0 Å². The molecule has 0 aliphatic carbocycles. The van der Waals surface area contributed by atoms with Gasteiger partial charge in [0, 0.05) is 22.5 Å². The third-order valence-electron chi connectivity index (χ3n) is 5.16. The minimum absolute atomic E-state index is 0.0635. The summed E-state index contributed by atoms with van der Waals surface area (Å²) in [4.78, 5) is 29.1. The molecular formula is C24H21N3O4. The second kappa shape index (κ2) is 8.31. The molecule has 2 heterocycles. The molecule has 7 heteroatoms. The number of anilines is 1. The summed E-state index contributed by atoms with van der Waals surface area (Å²) in [6.45, 7) is 3.81. The molecule has 1 amide bonds. The molecule has 0 fully saturated rings. The normalized spacial score (nSPS) is 10.8. The lowest BCUT2D eigenvalue weighted by atomic mass is 10.1. The molecule has 0 atom stereocenters. The Morgan fingerprint density at radius 2 is 1.65 bits per heavy atom. The van der Waals surface area contributed by atoms with Crippen molar-refractivity contribution in [2.24, 2.45) is 0 Å². The van der Waals surface area contributed by atoms with Crippen molar-refractivity contribution in [2.45, 2.75) is 20.4 Å². The van der Waals surface area contributed by atoms with Gasteiger partial charge in [0.1, 0.15) is 11.8 Å². The fraction of sp³-hybridized carbons (Fsp3) is 0.125. The molecule has 2 aromatic heterocycles. The Labute approximate surface area is 179 Å². The molecule has 0 bridgehead atoms. The lowest BCUT2D eigenvalue weighted by Crippen LogP contribution is -2.14. The lowest BCUT2D eigenvalue weighted by molar-refractivity contribution is 0.0697. The molecule has 2 aromatic carbocycles. The topological polar surface area (TPSA) is 97.4 Å². The Morgan fingerprint density at radius 1 is 1.00 bits per heavy atom. The highest BCUT2D eigenvalue weighted by Gasteiger charge is 2.25. The van der Waals surface area contributed by atoms with Crippen molar-refractivity contribution in [3.05, 3.63) is 95.1 Å². The van der Waals surface area contributed by atoms with E-state index in [1.807, 2.05) is 41.0 Å². The van der Waals surface area contributed by atoms with Crippen LogP contribution in [0.3, 0.4) is 0 Å². The van der Waals surface area contributed by atoms with E-state index in [4.69, 9.17) is 4.42 Å². The first kappa shape index (κ1) is 20.2. The molecule has 0 unspecified atom stereocenters. The summed E-state index contributed by atoms with van der Waals surface area (Å²) in [6.07, 6.45) is 1.56. The van der Waals surface area contributed by atoms with Crippen LogP contribution in [0.4, 0.5) is 5.69 Å². The number of nitrogens with one attached hydrogen (secondary N) is 1. The van der Waals surface area contributed by atoms with E-state index >= 15 is 0 Å². The summed E-state index contributed by atoms with van der Waals surface area (Å²) in [5, 5.41) is 12.6. The van der Waals surface area contributed by atoms with Crippen molar-refractivity contribution in [1.29, 1.82) is 0 Å². The maximum Gasteiger partial charge on any atom is 0.339 e. The SMILES string of the molecule is Cc1c(NC(=O)c2ccccc2)c(C(=O)O)c(C)n1Cc1coc(-c2ccccc2)n1. The number of oxazole rings is 1. The molecule has 0 aliphatic heterocycles. The molecular weight excluding hydrogens is 394 g/mol. The summed E-state index contributed by atoms with van der Waals surface area (Å²) in [6, 6.07) is 18.2. The van der Waals surface area contributed by atoms with Gasteiger partial charge >= 0.3 is 5.97 Å². The number of carboxylic acid groups (broad SMARTS) is 1. The fourth-order valence-electron chi connectivity index (χ4n) is 3.57. The highest BCUT2D eigenvalue weighted by atomic mass is 16.4. The quantitative estimate of drug-likeness (QED) is 0.473. The Bertz CT molecular complexity index is 1240. The summed E-state index contributed by atoms with van der Waals surface area (Å²) >= 11 is 0. The zero-order chi connectivity index (χ0) is 22.0. The van der Waals surface area contributed by atoms with E-state index < -0.39 is 5.97 Å². The van der Waals surface area contributed by atoms with Crippen LogP contribution in [0.25, 0.3) is 11.5 Å². The van der Waals surface area contributed by atoms with Crippen molar-refractivity contribution in [3.8, 4) is 11.5 Å². The number of carbonyl (C=O) groups excluding carboxylic acids is 1. The molecule has 0 aliphatic rings. The second-order valence-corrected chi connectivity index (χ2v) is 7.14. The monoisotopic (exact) mass is 415 g/mol. The number of benzene rings is 2. The standard InChI is InChI=1S/C24H21N3O4/c1-15-20(24(29)30)21(26-22(28)17-9-5-3-6-10-17)16(2)27(15)13-19-14-31-23(25-19)18-11-7-4-8-12-18/h3-12,14H,13H2,1-2H3,(H,26,28)(H,29,30). The average Bonchev–Trinajstić information content (AvgIpc) is 3.34. The van der Waals surface area contributed by atoms with Crippen LogP contribution in [-0.4, -0.2) is 26.5 Å². The highest BCUT2D eigenvalue weighted by molar-refractivity contribution is 6.08. The first-order valence-corrected chi connectivity index (χ1v) is 9.75. The van der Waals surface area contributed by atoms with Crippen molar-refractivity contribution in [2.75, 3.05) is 5.32 Å². The van der Waals surface area contributed by atoms with Crippen molar-refractivity contribution >= 4 is 17.6 Å². The first-order chi connectivity index (χ1) is 15.0. The van der Waals surface area contributed by atoms with Crippen LogP contribution in [-0.2, 0) is 6.54 Å². The Kier molecular flexibility index (Phi) is 5.41. The van der Waals surface area contributed by atoms with E-state index in [9.17, 15) is 14.7 Å². The van der Waals surface area contributed by atoms with Gasteiger partial charge in [0.15, 0.2) is 0 Å². The molecule has 4 rings (SSSR count). The van der Waals surface area contributed by atoms with Crippen molar-refractivity contribution in [1.82, 2.24) is 9.55 Å². The predicted octanol–water partition coefficient (Wildman–Crippen LogP) is 4.76. The maximum absolute atomic E-state index is 12.6. The molecule has 0 radical (unpaired) electrons. The van der Waals surface area contributed by atoms with Gasteiger partial charge in [-0.05, 0) is 38.1 Å². The van der Waals surface area contributed by atoms with E-state index in [-0.39, 0.29) is 17.2 Å². The third kappa shape index (κ3) is 3.98. The van der Waals surface area contributed by atoms with E-state index in [2.05, 4.69) is 10.3 Å². The van der Waals surface area contributed by atoms with E-state index in [0.29, 0.717) is 35.1 Å². The Balaban J connectivity index is 1.66. The number of nitrogens with zero attached hydrogens (tertiary/aromatic N) is 2. The largest absolute Gasteiger partial charge is 0.478 e. The molecule has 156 valence electrons. The van der Waals surface area contributed by atoms with Gasteiger partial charge < -0.3 is 19.4 Å². The highest BCUT2D eigenvalue weighted by Crippen LogP contribution is 2.29. The van der Waals surface area contributed by atoms with E-state index in [1.54, 1.807) is 44.4 Å². The number of carboxylic acids is 1. The van der Waals surface area contributed by atoms with Crippen molar-refractivity contribution < 1.29 is 19.1 Å². The lowest BCUT2D eigenvalue weighted by Gasteiger charge is -2.08. The van der Waals surface area contributed by atoms with Crippen LogP contribution in [0.2, 0.25) is 0 Å². The smallest absolute Gasteiger partial charge is 0.339 e. The predicted molar refractivity (Wildman–Crippen MR) is 116 cm³/mol. The van der Waals surface area contributed by atoms with Gasteiger partial charge in [-0.3, -0.25) is 4.79 Å². The zero-order valence-electron chi connectivity index (χ0n) is 17.1. The number of hydrogen-bond donors (Lipinski definition) is 2. The summed E-state index contributed by atoms with van der Waals surface area (Å²) in [7, 11) is 0. The molecule has 2 N–H and O–H groups in total. The fourth-order valence-corrected chi connectivity index (χ4v) is 3.57. The first-order valence-electron chi connectivity index (χ1n) is 9.75. The number of carbonyl (C=O) groups is 2. The molecule has 7 nitrogen and oxygen atoms in total. The minimum Gasteiger partial charge on any atom is -0.478 e. The zero-order valence-corrected chi connectivity index (χ0v) is 17.1. The number of aromatic carboxylic acids is 1. The second-order valence-electron chi connectivity index (χ2n) is 7.14. The number of rotatable bonds is 6. The van der Waals surface area contributed by atoms with Crippen LogP contribution < -0.4 is 5.32 Å². The maximum atomic E-state index is 12.6. The van der Waals surface area contributed by atoms with Crippen LogP contribution >= 0.6 is 0 Å². The third-order valence-corrected chi connectivity index (χ3v) is 5.16. The number of hydrogen-bond acceptors (Lipinski definition) is 4.